The zero-order valence-electron chi connectivity index (χ0n) is 8.95. The Bertz CT molecular complexity index is 297. The van der Waals surface area contributed by atoms with Crippen molar-refractivity contribution in [2.75, 3.05) is 6.61 Å². The van der Waals surface area contributed by atoms with Crippen LogP contribution in [0.15, 0.2) is 12.1 Å². The smallest absolute Gasteiger partial charge is 0.213 e. The molecule has 0 atom stereocenters. The zero-order chi connectivity index (χ0) is 10.6. The second kappa shape index (κ2) is 4.96. The van der Waals surface area contributed by atoms with E-state index in [-0.39, 0.29) is 6.61 Å². The van der Waals surface area contributed by atoms with Crippen LogP contribution in [-0.2, 0) is 6.61 Å². The molecule has 0 aliphatic rings. The van der Waals surface area contributed by atoms with E-state index in [4.69, 9.17) is 9.84 Å². The molecular formula is C11H17NO2. The fourth-order valence-corrected chi connectivity index (χ4v) is 1.07. The normalized spacial score (nSPS) is 10.6. The van der Waals surface area contributed by atoms with E-state index in [1.54, 1.807) is 6.07 Å². The van der Waals surface area contributed by atoms with Gasteiger partial charge < -0.3 is 9.84 Å². The van der Waals surface area contributed by atoms with Gasteiger partial charge in [-0.2, -0.15) is 0 Å². The first kappa shape index (κ1) is 11.0. The molecule has 0 spiro atoms. The van der Waals surface area contributed by atoms with Gasteiger partial charge in [-0.1, -0.05) is 13.8 Å². The maximum absolute atomic E-state index is 8.95. The number of pyridine rings is 1. The number of aliphatic hydroxyl groups is 1. The average Bonchev–Trinajstić information content (AvgIpc) is 2.15. The molecular weight excluding hydrogens is 178 g/mol. The number of rotatable bonds is 4. The summed E-state index contributed by atoms with van der Waals surface area (Å²) in [5.74, 6) is 1.13. The van der Waals surface area contributed by atoms with E-state index in [0.29, 0.717) is 18.4 Å². The largest absolute Gasteiger partial charge is 0.477 e. The van der Waals surface area contributed by atoms with Crippen molar-refractivity contribution in [2.24, 2.45) is 5.92 Å². The molecule has 0 unspecified atom stereocenters. The van der Waals surface area contributed by atoms with E-state index < -0.39 is 0 Å². The summed E-state index contributed by atoms with van der Waals surface area (Å²) in [4.78, 5) is 4.23. The topological polar surface area (TPSA) is 42.4 Å². The molecule has 0 saturated heterocycles. The van der Waals surface area contributed by atoms with Gasteiger partial charge in [-0.05, 0) is 24.5 Å². The second-order valence-electron chi connectivity index (χ2n) is 3.76. The average molecular weight is 195 g/mol. The standard InChI is InChI=1S/C11H17NO2/c1-8(2)7-14-11-5-4-10(6-13)9(3)12-11/h4-5,8,13H,6-7H2,1-3H3. The lowest BCUT2D eigenvalue weighted by Gasteiger charge is -2.09. The Kier molecular flexibility index (Phi) is 3.89. The fraction of sp³-hybridized carbons (Fsp3) is 0.545. The predicted octanol–water partition coefficient (Wildman–Crippen LogP) is 1.92. The van der Waals surface area contributed by atoms with Crippen LogP contribution >= 0.6 is 0 Å². The van der Waals surface area contributed by atoms with Crippen molar-refractivity contribution in [3.05, 3.63) is 23.4 Å². The van der Waals surface area contributed by atoms with E-state index >= 15 is 0 Å². The summed E-state index contributed by atoms with van der Waals surface area (Å²) in [6, 6.07) is 3.64. The third kappa shape index (κ3) is 3.00. The van der Waals surface area contributed by atoms with Crippen molar-refractivity contribution in [1.82, 2.24) is 4.98 Å². The van der Waals surface area contributed by atoms with Crippen molar-refractivity contribution < 1.29 is 9.84 Å². The Morgan fingerprint density at radius 1 is 1.43 bits per heavy atom. The molecule has 0 aliphatic carbocycles. The number of aliphatic hydroxyl groups excluding tert-OH is 1. The number of hydrogen-bond acceptors (Lipinski definition) is 3. The van der Waals surface area contributed by atoms with Gasteiger partial charge in [-0.25, -0.2) is 4.98 Å². The Hall–Kier alpha value is -1.09. The minimum atomic E-state index is 0.0310. The number of aromatic nitrogens is 1. The lowest BCUT2D eigenvalue weighted by Crippen LogP contribution is -2.06. The third-order valence-corrected chi connectivity index (χ3v) is 1.90. The van der Waals surface area contributed by atoms with Gasteiger partial charge in [0.15, 0.2) is 0 Å². The van der Waals surface area contributed by atoms with Crippen LogP contribution in [0.2, 0.25) is 0 Å². The Balaban J connectivity index is 2.66. The van der Waals surface area contributed by atoms with Crippen LogP contribution in [0.1, 0.15) is 25.1 Å². The lowest BCUT2D eigenvalue weighted by atomic mass is 10.2. The first-order valence-corrected chi connectivity index (χ1v) is 4.83. The number of nitrogens with zero attached hydrogens (tertiary/aromatic N) is 1. The van der Waals surface area contributed by atoms with E-state index in [1.165, 1.54) is 0 Å². The van der Waals surface area contributed by atoms with Crippen LogP contribution in [0, 0.1) is 12.8 Å². The van der Waals surface area contributed by atoms with Crippen molar-refractivity contribution >= 4 is 0 Å². The number of hydrogen-bond donors (Lipinski definition) is 1. The van der Waals surface area contributed by atoms with E-state index in [9.17, 15) is 0 Å². The molecule has 0 radical (unpaired) electrons. The van der Waals surface area contributed by atoms with Gasteiger partial charge >= 0.3 is 0 Å². The molecule has 78 valence electrons. The summed E-state index contributed by atoms with van der Waals surface area (Å²) < 4.78 is 5.45. The Labute approximate surface area is 84.7 Å². The number of ether oxygens (including phenoxy) is 1. The zero-order valence-corrected chi connectivity index (χ0v) is 8.95. The molecule has 0 bridgehead atoms. The van der Waals surface area contributed by atoms with Crippen LogP contribution in [0.4, 0.5) is 0 Å². The molecule has 1 N–H and O–H groups in total. The first-order chi connectivity index (χ1) is 6.63. The van der Waals surface area contributed by atoms with E-state index in [0.717, 1.165) is 11.3 Å². The maximum Gasteiger partial charge on any atom is 0.213 e. The van der Waals surface area contributed by atoms with E-state index in [1.807, 2.05) is 13.0 Å². The third-order valence-electron chi connectivity index (χ3n) is 1.90. The van der Waals surface area contributed by atoms with E-state index in [2.05, 4.69) is 18.8 Å². The monoisotopic (exact) mass is 195 g/mol. The quantitative estimate of drug-likeness (QED) is 0.798. The second-order valence-corrected chi connectivity index (χ2v) is 3.76. The molecule has 0 saturated carbocycles. The molecule has 0 aliphatic heterocycles. The fourth-order valence-electron chi connectivity index (χ4n) is 1.07. The first-order valence-electron chi connectivity index (χ1n) is 4.83. The molecule has 1 heterocycles. The van der Waals surface area contributed by atoms with Crippen LogP contribution in [-0.4, -0.2) is 16.7 Å². The Morgan fingerprint density at radius 2 is 2.14 bits per heavy atom. The highest BCUT2D eigenvalue weighted by Crippen LogP contribution is 2.13. The summed E-state index contributed by atoms with van der Waals surface area (Å²) >= 11 is 0. The minimum absolute atomic E-state index is 0.0310. The minimum Gasteiger partial charge on any atom is -0.477 e. The SMILES string of the molecule is Cc1nc(OCC(C)C)ccc1CO. The molecule has 0 fully saturated rings. The van der Waals surface area contributed by atoms with Crippen LogP contribution in [0.25, 0.3) is 0 Å². The highest BCUT2D eigenvalue weighted by Gasteiger charge is 2.02. The van der Waals surface area contributed by atoms with Crippen molar-refractivity contribution in [3.63, 3.8) is 0 Å². The van der Waals surface area contributed by atoms with Gasteiger partial charge in [0.05, 0.1) is 13.2 Å². The van der Waals surface area contributed by atoms with Gasteiger partial charge in [0, 0.05) is 11.8 Å². The Morgan fingerprint density at radius 3 is 2.64 bits per heavy atom. The molecule has 3 heteroatoms. The highest BCUT2D eigenvalue weighted by atomic mass is 16.5. The molecule has 0 aromatic carbocycles. The molecule has 1 rings (SSSR count). The molecule has 1 aromatic heterocycles. The highest BCUT2D eigenvalue weighted by molar-refractivity contribution is 5.24. The molecule has 3 nitrogen and oxygen atoms in total. The van der Waals surface area contributed by atoms with Gasteiger partial charge in [0.1, 0.15) is 0 Å². The van der Waals surface area contributed by atoms with Gasteiger partial charge in [-0.15, -0.1) is 0 Å². The number of aryl methyl sites for hydroxylation is 1. The lowest BCUT2D eigenvalue weighted by molar-refractivity contribution is 0.258. The van der Waals surface area contributed by atoms with Crippen molar-refractivity contribution in [3.8, 4) is 5.88 Å². The molecule has 1 aromatic rings. The maximum atomic E-state index is 8.95. The molecule has 14 heavy (non-hydrogen) atoms. The summed E-state index contributed by atoms with van der Waals surface area (Å²) in [5, 5.41) is 8.95. The summed E-state index contributed by atoms with van der Waals surface area (Å²) in [5.41, 5.74) is 1.68. The predicted molar refractivity (Wildman–Crippen MR) is 55.2 cm³/mol. The van der Waals surface area contributed by atoms with Crippen molar-refractivity contribution in [2.45, 2.75) is 27.4 Å². The van der Waals surface area contributed by atoms with Crippen molar-refractivity contribution in [1.29, 1.82) is 0 Å². The van der Waals surface area contributed by atoms with Crippen LogP contribution in [0.5, 0.6) is 5.88 Å². The van der Waals surface area contributed by atoms with Crippen LogP contribution in [0.3, 0.4) is 0 Å². The van der Waals surface area contributed by atoms with Crippen LogP contribution < -0.4 is 4.74 Å². The van der Waals surface area contributed by atoms with Gasteiger partial charge in [-0.3, -0.25) is 0 Å². The van der Waals surface area contributed by atoms with Gasteiger partial charge in [0.25, 0.3) is 0 Å². The molecule has 0 amide bonds. The summed E-state index contributed by atoms with van der Waals surface area (Å²) in [7, 11) is 0. The summed E-state index contributed by atoms with van der Waals surface area (Å²) in [6.07, 6.45) is 0. The van der Waals surface area contributed by atoms with Gasteiger partial charge in [0.2, 0.25) is 5.88 Å². The summed E-state index contributed by atoms with van der Waals surface area (Å²) in [6.45, 7) is 6.76.